The highest BCUT2D eigenvalue weighted by atomic mass is 31.0. The molecule has 0 saturated heterocycles. The van der Waals surface area contributed by atoms with Crippen molar-refractivity contribution in [2.75, 3.05) is 0 Å². The number of imidazole rings is 1. The van der Waals surface area contributed by atoms with Crippen molar-refractivity contribution in [3.8, 4) is 22.6 Å². The summed E-state index contributed by atoms with van der Waals surface area (Å²) in [5.74, 6) is 3.02. The first kappa shape index (κ1) is 20.3. The van der Waals surface area contributed by atoms with E-state index in [1.165, 1.54) is 37.6 Å². The molecule has 0 radical (unpaired) electrons. The Morgan fingerprint density at radius 1 is 0.758 bits per heavy atom. The number of hydrogen-bond acceptors (Lipinski definition) is 2. The first-order valence-corrected chi connectivity index (χ1v) is 12.4. The number of nitrogens with zero attached hydrogens (tertiary/aromatic N) is 3. The molecule has 3 aromatic carbocycles. The topological polar surface area (TPSA) is 30.7 Å². The van der Waals surface area contributed by atoms with Crippen LogP contribution in [-0.4, -0.2) is 20.3 Å². The predicted molar refractivity (Wildman–Crippen MR) is 142 cm³/mol. The molecule has 4 heteroatoms. The molecule has 3 nitrogen and oxygen atoms in total. The van der Waals surface area contributed by atoms with E-state index in [9.17, 15) is 0 Å². The minimum atomic E-state index is 0.506. The number of rotatable bonds is 4. The van der Waals surface area contributed by atoms with E-state index in [1.807, 2.05) is 11.9 Å². The van der Waals surface area contributed by atoms with Gasteiger partial charge in [0.15, 0.2) is 0 Å². The molecule has 0 bridgehead atoms. The minimum Gasteiger partial charge on any atom is -0.321 e. The maximum Gasteiger partial charge on any atom is 0.141 e. The van der Waals surface area contributed by atoms with E-state index < -0.39 is 0 Å². The van der Waals surface area contributed by atoms with Crippen LogP contribution >= 0.6 is 8.86 Å². The number of aromatic nitrogens is 3. The zero-order valence-electron chi connectivity index (χ0n) is 18.5. The lowest BCUT2D eigenvalue weighted by atomic mass is 9.94. The third-order valence-corrected chi connectivity index (χ3v) is 7.17. The van der Waals surface area contributed by atoms with Crippen molar-refractivity contribution in [1.29, 1.82) is 0 Å². The number of benzene rings is 3. The maximum atomic E-state index is 5.14. The zero-order valence-corrected chi connectivity index (χ0v) is 19.5. The Hall–Kier alpha value is -3.29. The second kappa shape index (κ2) is 8.57. The summed E-state index contributed by atoms with van der Waals surface area (Å²) in [6, 6.07) is 28.3. The highest BCUT2D eigenvalue weighted by Crippen LogP contribution is 2.37. The van der Waals surface area contributed by atoms with Crippen molar-refractivity contribution in [1.82, 2.24) is 14.5 Å². The molecule has 1 saturated carbocycles. The van der Waals surface area contributed by atoms with Gasteiger partial charge in [-0.25, -0.2) is 9.97 Å². The smallest absolute Gasteiger partial charge is 0.141 e. The first-order chi connectivity index (χ1) is 16.3. The zero-order chi connectivity index (χ0) is 22.2. The third-order valence-electron chi connectivity index (χ3n) is 6.84. The van der Waals surface area contributed by atoms with Gasteiger partial charge < -0.3 is 4.57 Å². The number of fused-ring (bicyclic) bond motifs is 2. The molecule has 0 N–H and O–H groups in total. The van der Waals surface area contributed by atoms with Crippen molar-refractivity contribution in [2.24, 2.45) is 0 Å². The second-order valence-electron chi connectivity index (χ2n) is 8.96. The van der Waals surface area contributed by atoms with Gasteiger partial charge in [0.25, 0.3) is 0 Å². The Bertz CT molecular complexity index is 1460. The molecule has 1 fully saturated rings. The van der Waals surface area contributed by atoms with Crippen LogP contribution in [0.4, 0.5) is 0 Å². The molecule has 5 aromatic rings. The number of hydrogen-bond donors (Lipinski definition) is 0. The fourth-order valence-electron chi connectivity index (χ4n) is 5.15. The maximum absolute atomic E-state index is 5.14. The monoisotopic (exact) mass is 447 g/mol. The molecular weight excluding hydrogens is 421 g/mol. The molecule has 2 heterocycles. The summed E-state index contributed by atoms with van der Waals surface area (Å²) in [7, 11) is 3.52. The Morgan fingerprint density at radius 3 is 2.42 bits per heavy atom. The van der Waals surface area contributed by atoms with E-state index in [0.29, 0.717) is 6.04 Å². The van der Waals surface area contributed by atoms with Gasteiger partial charge in [-0.2, -0.15) is 0 Å². The van der Waals surface area contributed by atoms with E-state index >= 15 is 0 Å². The van der Waals surface area contributed by atoms with Gasteiger partial charge in [0, 0.05) is 22.6 Å². The van der Waals surface area contributed by atoms with Crippen molar-refractivity contribution < 1.29 is 0 Å². The van der Waals surface area contributed by atoms with E-state index in [1.54, 1.807) is 0 Å². The van der Waals surface area contributed by atoms with Crippen LogP contribution in [0.1, 0.15) is 43.7 Å². The molecule has 33 heavy (non-hydrogen) atoms. The highest BCUT2D eigenvalue weighted by molar-refractivity contribution is 7.19. The van der Waals surface area contributed by atoms with E-state index in [2.05, 4.69) is 86.2 Å². The van der Waals surface area contributed by atoms with Crippen LogP contribution in [-0.2, 0) is 0 Å². The fourth-order valence-corrected chi connectivity index (χ4v) is 5.33. The molecule has 1 aliphatic rings. The SMILES string of the molecule is P=Cc1ccc2c(c1)nc(-c1ccc3nc(-c4ccccc4)ccc3c1)n2C1CCCCC1. The third kappa shape index (κ3) is 3.77. The lowest BCUT2D eigenvalue weighted by Gasteiger charge is -2.25. The summed E-state index contributed by atoms with van der Waals surface area (Å²) in [6.07, 6.45) is 6.37. The Morgan fingerprint density at radius 2 is 1.61 bits per heavy atom. The van der Waals surface area contributed by atoms with Crippen LogP contribution in [0, 0.1) is 0 Å². The molecule has 1 aliphatic carbocycles. The van der Waals surface area contributed by atoms with Gasteiger partial charge in [0.05, 0.1) is 22.2 Å². The number of pyridine rings is 1. The molecule has 6 rings (SSSR count). The van der Waals surface area contributed by atoms with Crippen LogP contribution in [0.5, 0.6) is 0 Å². The fraction of sp³-hybridized carbons (Fsp3) is 0.207. The predicted octanol–water partition coefficient (Wildman–Crippen LogP) is 7.72. The largest absolute Gasteiger partial charge is 0.321 e. The quantitative estimate of drug-likeness (QED) is 0.264. The van der Waals surface area contributed by atoms with Crippen LogP contribution in [0.15, 0.2) is 78.9 Å². The van der Waals surface area contributed by atoms with Gasteiger partial charge in [-0.15, -0.1) is 8.86 Å². The Kier molecular flexibility index (Phi) is 5.28. The Labute approximate surface area is 196 Å². The van der Waals surface area contributed by atoms with Crippen molar-refractivity contribution >= 4 is 36.6 Å². The van der Waals surface area contributed by atoms with Crippen molar-refractivity contribution in [2.45, 2.75) is 38.1 Å². The standard InChI is InChI=1S/C29H26N3P/c33-19-20-11-16-28-27(17-20)31-29(32(28)24-9-5-2-6-10-24)23-13-15-26-22(18-23)12-14-25(30-26)21-7-3-1-4-8-21/h1,3-4,7-8,11-19,24,33H,2,5-6,9-10H2. The van der Waals surface area contributed by atoms with Gasteiger partial charge in [-0.3, -0.25) is 0 Å². The normalized spacial score (nSPS) is 14.7. The summed E-state index contributed by atoms with van der Waals surface area (Å²) in [5.41, 5.74) is 7.73. The van der Waals surface area contributed by atoms with Gasteiger partial charge in [0.1, 0.15) is 5.82 Å². The molecule has 162 valence electrons. The van der Waals surface area contributed by atoms with Crippen LogP contribution in [0.2, 0.25) is 0 Å². The van der Waals surface area contributed by atoms with E-state index in [4.69, 9.17) is 9.97 Å². The molecule has 0 unspecified atom stereocenters. The van der Waals surface area contributed by atoms with Gasteiger partial charge >= 0.3 is 0 Å². The van der Waals surface area contributed by atoms with Crippen LogP contribution in [0.25, 0.3) is 44.6 Å². The van der Waals surface area contributed by atoms with Gasteiger partial charge in [-0.05, 0) is 60.6 Å². The summed E-state index contributed by atoms with van der Waals surface area (Å²) < 4.78 is 2.50. The van der Waals surface area contributed by atoms with Gasteiger partial charge in [0.2, 0.25) is 0 Å². The average Bonchev–Trinajstić information content (AvgIpc) is 3.28. The molecule has 2 aromatic heterocycles. The molecular formula is C29H26N3P. The molecule has 0 aliphatic heterocycles. The van der Waals surface area contributed by atoms with E-state index in [0.717, 1.165) is 44.6 Å². The molecule has 0 spiro atoms. The van der Waals surface area contributed by atoms with Crippen molar-refractivity contribution in [3.63, 3.8) is 0 Å². The second-order valence-corrected chi connectivity index (χ2v) is 9.25. The van der Waals surface area contributed by atoms with Crippen molar-refractivity contribution in [3.05, 3.63) is 84.4 Å². The average molecular weight is 448 g/mol. The summed E-state index contributed by atoms with van der Waals surface area (Å²) >= 11 is 0. The Balaban J connectivity index is 1.48. The summed E-state index contributed by atoms with van der Waals surface area (Å²) in [4.78, 5) is 10.1. The van der Waals surface area contributed by atoms with Gasteiger partial charge in [-0.1, -0.05) is 61.7 Å². The lowest BCUT2D eigenvalue weighted by Crippen LogP contribution is -2.14. The first-order valence-electron chi connectivity index (χ1n) is 11.8. The van der Waals surface area contributed by atoms with E-state index in [-0.39, 0.29) is 0 Å². The summed E-state index contributed by atoms with van der Waals surface area (Å²) in [6.45, 7) is 0. The van der Waals surface area contributed by atoms with Crippen LogP contribution in [0.3, 0.4) is 0 Å². The lowest BCUT2D eigenvalue weighted by molar-refractivity contribution is 0.362. The molecule has 0 amide bonds. The highest BCUT2D eigenvalue weighted by Gasteiger charge is 2.22. The summed E-state index contributed by atoms with van der Waals surface area (Å²) in [5, 5.41) is 1.14. The molecule has 0 atom stereocenters. The minimum absolute atomic E-state index is 0.506. The van der Waals surface area contributed by atoms with Crippen LogP contribution < -0.4 is 0 Å².